The summed E-state index contributed by atoms with van der Waals surface area (Å²) in [5.74, 6) is 1.13. The monoisotopic (exact) mass is 217 g/mol. The number of thioether (sulfide) groups is 1. The number of amides is 2. The Morgan fingerprint density at radius 3 is 2.93 bits per heavy atom. The molecule has 1 fully saturated rings. The Morgan fingerprint density at radius 1 is 1.64 bits per heavy atom. The van der Waals surface area contributed by atoms with Crippen molar-refractivity contribution in [3.63, 3.8) is 0 Å². The minimum Gasteiger partial charge on any atom is -0.353 e. The first-order valence-corrected chi connectivity index (χ1v) is 5.65. The van der Waals surface area contributed by atoms with Gasteiger partial charge in [0.05, 0.1) is 5.88 Å². The first kappa shape index (κ1) is 11.3. The molecule has 0 aliphatic carbocycles. The van der Waals surface area contributed by atoms with Gasteiger partial charge in [0.25, 0.3) is 0 Å². The Balaban J connectivity index is 2.49. The van der Waals surface area contributed by atoms with Crippen LogP contribution in [0.15, 0.2) is 0 Å². The molecule has 14 heavy (non-hydrogen) atoms. The van der Waals surface area contributed by atoms with E-state index in [1.165, 1.54) is 6.92 Å². The van der Waals surface area contributed by atoms with Crippen LogP contribution < -0.4 is 11.1 Å². The molecular weight excluding hydrogens is 202 g/mol. The molecule has 2 amide bonds. The van der Waals surface area contributed by atoms with Crippen LogP contribution in [0.3, 0.4) is 0 Å². The van der Waals surface area contributed by atoms with Crippen LogP contribution >= 0.6 is 11.8 Å². The maximum Gasteiger partial charge on any atom is 0.243 e. The average Bonchev–Trinajstić information content (AvgIpc) is 2.62. The van der Waals surface area contributed by atoms with E-state index in [1.807, 2.05) is 0 Å². The lowest BCUT2D eigenvalue weighted by atomic mass is 10.2. The molecule has 0 aromatic heterocycles. The predicted octanol–water partition coefficient (Wildman–Crippen LogP) is -1.02. The van der Waals surface area contributed by atoms with Gasteiger partial charge in [0.15, 0.2) is 0 Å². The van der Waals surface area contributed by atoms with Crippen molar-refractivity contribution in [1.29, 1.82) is 0 Å². The van der Waals surface area contributed by atoms with Gasteiger partial charge in [-0.05, 0) is 0 Å². The van der Waals surface area contributed by atoms with E-state index in [-0.39, 0.29) is 17.9 Å². The minimum absolute atomic E-state index is 0.0529. The van der Waals surface area contributed by atoms with Crippen LogP contribution in [0.25, 0.3) is 0 Å². The molecule has 3 N–H and O–H groups in total. The maximum absolute atomic E-state index is 11.5. The minimum atomic E-state index is -0.316. The fraction of sp³-hybridized carbons (Fsp3) is 0.750. The van der Waals surface area contributed by atoms with Crippen molar-refractivity contribution >= 4 is 23.6 Å². The lowest BCUT2D eigenvalue weighted by Gasteiger charge is -2.21. The predicted molar refractivity (Wildman–Crippen MR) is 55.7 cm³/mol. The highest BCUT2D eigenvalue weighted by atomic mass is 32.2. The van der Waals surface area contributed by atoms with Crippen molar-refractivity contribution in [3.8, 4) is 0 Å². The standard InChI is InChI=1S/C8H15N3O2S/c1-6(12)11-5-14-4-7(11)8(13)10-3-2-9/h7H,2-5,9H2,1H3,(H,10,13). The van der Waals surface area contributed by atoms with Crippen molar-refractivity contribution in [2.24, 2.45) is 5.73 Å². The van der Waals surface area contributed by atoms with Gasteiger partial charge in [-0.15, -0.1) is 11.8 Å². The summed E-state index contributed by atoms with van der Waals surface area (Å²) >= 11 is 1.59. The summed E-state index contributed by atoms with van der Waals surface area (Å²) in [6.07, 6.45) is 0. The van der Waals surface area contributed by atoms with E-state index in [4.69, 9.17) is 5.73 Å². The van der Waals surface area contributed by atoms with Crippen LogP contribution in [0.2, 0.25) is 0 Å². The van der Waals surface area contributed by atoms with Gasteiger partial charge in [-0.3, -0.25) is 9.59 Å². The second kappa shape index (κ2) is 5.21. The van der Waals surface area contributed by atoms with Gasteiger partial charge >= 0.3 is 0 Å². The molecule has 1 aliphatic heterocycles. The third-order valence-corrected chi connectivity index (χ3v) is 3.05. The Morgan fingerprint density at radius 2 is 2.36 bits per heavy atom. The normalized spacial score (nSPS) is 21.0. The van der Waals surface area contributed by atoms with Gasteiger partial charge < -0.3 is 16.0 Å². The summed E-state index contributed by atoms with van der Waals surface area (Å²) in [6, 6.07) is -0.316. The van der Waals surface area contributed by atoms with Gasteiger partial charge in [-0.1, -0.05) is 0 Å². The number of carbonyl (C=O) groups excluding carboxylic acids is 2. The second-order valence-corrected chi connectivity index (χ2v) is 4.08. The largest absolute Gasteiger partial charge is 0.353 e. The van der Waals surface area contributed by atoms with Crippen LogP contribution in [-0.2, 0) is 9.59 Å². The molecule has 5 nitrogen and oxygen atoms in total. The van der Waals surface area contributed by atoms with Gasteiger partial charge in [-0.2, -0.15) is 0 Å². The smallest absolute Gasteiger partial charge is 0.243 e. The number of nitrogens with one attached hydrogen (secondary N) is 1. The van der Waals surface area contributed by atoms with E-state index in [0.717, 1.165) is 0 Å². The van der Waals surface area contributed by atoms with Crippen molar-refractivity contribution in [2.45, 2.75) is 13.0 Å². The maximum atomic E-state index is 11.5. The zero-order valence-corrected chi connectivity index (χ0v) is 8.97. The first-order valence-electron chi connectivity index (χ1n) is 4.49. The van der Waals surface area contributed by atoms with Gasteiger partial charge in [-0.25, -0.2) is 0 Å². The summed E-state index contributed by atoms with van der Waals surface area (Å²) < 4.78 is 0. The SMILES string of the molecule is CC(=O)N1CSCC1C(=O)NCCN. The van der Waals surface area contributed by atoms with E-state index in [0.29, 0.717) is 24.7 Å². The van der Waals surface area contributed by atoms with Crippen molar-refractivity contribution in [1.82, 2.24) is 10.2 Å². The zero-order valence-electron chi connectivity index (χ0n) is 8.16. The molecule has 1 unspecified atom stereocenters. The molecular formula is C8H15N3O2S. The highest BCUT2D eigenvalue weighted by molar-refractivity contribution is 7.99. The quantitative estimate of drug-likeness (QED) is 0.634. The lowest BCUT2D eigenvalue weighted by molar-refractivity contribution is -0.136. The Labute approximate surface area is 87.4 Å². The van der Waals surface area contributed by atoms with E-state index in [2.05, 4.69) is 5.32 Å². The number of nitrogens with zero attached hydrogens (tertiary/aromatic N) is 1. The summed E-state index contributed by atoms with van der Waals surface area (Å²) in [5, 5.41) is 2.69. The van der Waals surface area contributed by atoms with Crippen LogP contribution in [0.1, 0.15) is 6.92 Å². The average molecular weight is 217 g/mol. The Bertz CT molecular complexity index is 235. The molecule has 0 bridgehead atoms. The highest BCUT2D eigenvalue weighted by Crippen LogP contribution is 2.20. The third-order valence-electron chi connectivity index (χ3n) is 2.03. The topological polar surface area (TPSA) is 75.4 Å². The van der Waals surface area contributed by atoms with Crippen LogP contribution in [0.5, 0.6) is 0 Å². The summed E-state index contributed by atoms with van der Waals surface area (Å²) in [7, 11) is 0. The zero-order chi connectivity index (χ0) is 10.6. The summed E-state index contributed by atoms with van der Waals surface area (Å²) in [6.45, 7) is 2.37. The second-order valence-electron chi connectivity index (χ2n) is 3.08. The number of hydrogen-bond acceptors (Lipinski definition) is 4. The van der Waals surface area contributed by atoms with Crippen molar-refractivity contribution in [3.05, 3.63) is 0 Å². The Hall–Kier alpha value is -0.750. The lowest BCUT2D eigenvalue weighted by Crippen LogP contribution is -2.47. The third kappa shape index (κ3) is 2.62. The Kier molecular flexibility index (Phi) is 4.21. The molecule has 0 radical (unpaired) electrons. The molecule has 1 atom stereocenters. The van der Waals surface area contributed by atoms with E-state index < -0.39 is 0 Å². The molecule has 1 heterocycles. The number of hydrogen-bond donors (Lipinski definition) is 2. The fourth-order valence-electron chi connectivity index (χ4n) is 1.28. The molecule has 1 saturated heterocycles. The molecule has 80 valence electrons. The van der Waals surface area contributed by atoms with E-state index >= 15 is 0 Å². The van der Waals surface area contributed by atoms with Crippen LogP contribution in [-0.4, -0.2) is 47.5 Å². The van der Waals surface area contributed by atoms with Crippen molar-refractivity contribution in [2.75, 3.05) is 24.7 Å². The number of nitrogens with two attached hydrogens (primary N) is 1. The van der Waals surface area contributed by atoms with Gasteiger partial charge in [0.1, 0.15) is 6.04 Å². The summed E-state index contributed by atoms with van der Waals surface area (Å²) in [4.78, 5) is 24.3. The highest BCUT2D eigenvalue weighted by Gasteiger charge is 2.32. The fourth-order valence-corrected chi connectivity index (χ4v) is 2.50. The molecule has 0 aromatic carbocycles. The summed E-state index contributed by atoms with van der Waals surface area (Å²) in [5.41, 5.74) is 5.27. The molecule has 6 heteroatoms. The van der Waals surface area contributed by atoms with Gasteiger partial charge in [0.2, 0.25) is 11.8 Å². The van der Waals surface area contributed by atoms with Crippen molar-refractivity contribution < 1.29 is 9.59 Å². The number of rotatable bonds is 3. The first-order chi connectivity index (χ1) is 6.66. The molecule has 0 spiro atoms. The molecule has 0 aromatic rings. The van der Waals surface area contributed by atoms with E-state index in [9.17, 15) is 9.59 Å². The van der Waals surface area contributed by atoms with Crippen LogP contribution in [0.4, 0.5) is 0 Å². The van der Waals surface area contributed by atoms with Gasteiger partial charge in [0, 0.05) is 25.8 Å². The van der Waals surface area contributed by atoms with E-state index in [1.54, 1.807) is 16.7 Å². The molecule has 1 rings (SSSR count). The molecule has 1 aliphatic rings. The van der Waals surface area contributed by atoms with Crippen LogP contribution in [0, 0.1) is 0 Å². The number of carbonyl (C=O) groups is 2. The molecule has 0 saturated carbocycles.